The van der Waals surface area contributed by atoms with Crippen molar-refractivity contribution in [3.8, 4) is 6.07 Å². The van der Waals surface area contributed by atoms with Gasteiger partial charge in [-0.25, -0.2) is 0 Å². The average molecular weight is 204 g/mol. The van der Waals surface area contributed by atoms with Crippen LogP contribution < -0.4 is 10.8 Å². The topological polar surface area (TPSA) is 93.4 Å². The van der Waals surface area contributed by atoms with Crippen LogP contribution >= 0.6 is 0 Å². The van der Waals surface area contributed by atoms with E-state index in [2.05, 4.69) is 5.32 Å². The second-order valence-electron chi connectivity index (χ2n) is 3.01. The van der Waals surface area contributed by atoms with Gasteiger partial charge in [-0.2, -0.15) is 5.26 Å². The molecular weight excluding hydrogens is 195 g/mol. The maximum absolute atomic E-state index is 10.8. The van der Waals surface area contributed by atoms with Gasteiger partial charge >= 0.3 is 7.12 Å². The summed E-state index contributed by atoms with van der Waals surface area (Å²) in [6.45, 7) is 1.33. The molecule has 5 nitrogen and oxygen atoms in total. The molecule has 0 saturated heterocycles. The van der Waals surface area contributed by atoms with Crippen molar-refractivity contribution in [2.45, 2.75) is 6.92 Å². The van der Waals surface area contributed by atoms with Crippen LogP contribution in [0, 0.1) is 11.3 Å². The minimum Gasteiger partial charge on any atom is -0.423 e. The van der Waals surface area contributed by atoms with Crippen molar-refractivity contribution in [2.75, 3.05) is 5.32 Å². The zero-order chi connectivity index (χ0) is 11.4. The van der Waals surface area contributed by atoms with Crippen molar-refractivity contribution in [2.24, 2.45) is 0 Å². The van der Waals surface area contributed by atoms with Crippen molar-refractivity contribution >= 4 is 24.2 Å². The second-order valence-corrected chi connectivity index (χ2v) is 3.01. The molecule has 6 heteroatoms. The van der Waals surface area contributed by atoms with Crippen molar-refractivity contribution in [3.63, 3.8) is 0 Å². The normalized spacial score (nSPS) is 9.20. The van der Waals surface area contributed by atoms with Crippen molar-refractivity contribution in [3.05, 3.63) is 23.8 Å². The molecule has 1 aromatic carbocycles. The van der Waals surface area contributed by atoms with Crippen LogP contribution in [0.2, 0.25) is 0 Å². The zero-order valence-electron chi connectivity index (χ0n) is 8.06. The first kappa shape index (κ1) is 11.2. The van der Waals surface area contributed by atoms with Gasteiger partial charge in [0.05, 0.1) is 11.6 Å². The Morgan fingerprint density at radius 1 is 1.47 bits per heavy atom. The third-order valence-electron chi connectivity index (χ3n) is 1.70. The molecule has 0 bridgehead atoms. The Bertz CT molecular complexity index is 426. The number of anilines is 1. The number of amides is 1. The summed E-state index contributed by atoms with van der Waals surface area (Å²) in [6, 6.07) is 6.05. The molecule has 1 rings (SSSR count). The van der Waals surface area contributed by atoms with E-state index in [9.17, 15) is 4.79 Å². The quantitative estimate of drug-likeness (QED) is 0.549. The number of hydrogen-bond acceptors (Lipinski definition) is 4. The van der Waals surface area contributed by atoms with E-state index in [1.54, 1.807) is 0 Å². The van der Waals surface area contributed by atoms with Gasteiger partial charge in [0.15, 0.2) is 0 Å². The molecular formula is C9H9BN2O3. The van der Waals surface area contributed by atoms with Crippen LogP contribution in [0.15, 0.2) is 18.2 Å². The van der Waals surface area contributed by atoms with Crippen LogP contribution in [0.3, 0.4) is 0 Å². The highest BCUT2D eigenvalue weighted by Crippen LogP contribution is 2.08. The number of carbonyl (C=O) groups excluding carboxylic acids is 1. The van der Waals surface area contributed by atoms with Gasteiger partial charge in [0.25, 0.3) is 0 Å². The highest BCUT2D eigenvalue weighted by Gasteiger charge is 2.13. The minimum atomic E-state index is -1.66. The molecule has 0 saturated carbocycles. The predicted molar refractivity (Wildman–Crippen MR) is 55.3 cm³/mol. The molecule has 0 aliphatic rings. The standard InChI is InChI=1S/C9H9BN2O3/c1-6(13)12-9-3-7(5-11)2-8(4-9)10(14)15/h2-4,14-15H,1H3,(H,12,13). The van der Waals surface area contributed by atoms with Crippen LogP contribution in [0.5, 0.6) is 0 Å². The zero-order valence-corrected chi connectivity index (χ0v) is 8.06. The van der Waals surface area contributed by atoms with E-state index >= 15 is 0 Å². The number of nitrogens with zero attached hydrogens (tertiary/aromatic N) is 1. The van der Waals surface area contributed by atoms with Gasteiger partial charge < -0.3 is 15.4 Å². The van der Waals surface area contributed by atoms with Gasteiger partial charge in [-0.15, -0.1) is 0 Å². The van der Waals surface area contributed by atoms with Gasteiger partial charge in [-0.05, 0) is 23.7 Å². The Hall–Kier alpha value is -1.84. The molecule has 15 heavy (non-hydrogen) atoms. The largest absolute Gasteiger partial charge is 0.488 e. The first-order valence-corrected chi connectivity index (χ1v) is 4.21. The van der Waals surface area contributed by atoms with Crippen LogP contribution in [-0.2, 0) is 4.79 Å². The summed E-state index contributed by atoms with van der Waals surface area (Å²) in [6.07, 6.45) is 0. The van der Waals surface area contributed by atoms with Crippen molar-refractivity contribution in [1.82, 2.24) is 0 Å². The van der Waals surface area contributed by atoms with Crippen LogP contribution in [0.25, 0.3) is 0 Å². The SMILES string of the molecule is CC(=O)Nc1cc(C#N)cc(B(O)O)c1. The van der Waals surface area contributed by atoms with Gasteiger partial charge in [-0.1, -0.05) is 0 Å². The van der Waals surface area contributed by atoms with E-state index in [0.717, 1.165) is 0 Å². The molecule has 1 aromatic rings. The maximum atomic E-state index is 10.8. The predicted octanol–water partition coefficient (Wildman–Crippen LogP) is -0.804. The van der Waals surface area contributed by atoms with Crippen LogP contribution in [0.4, 0.5) is 5.69 Å². The third kappa shape index (κ3) is 3.09. The number of rotatable bonds is 2. The lowest BCUT2D eigenvalue weighted by Crippen LogP contribution is -2.30. The number of nitrogens with one attached hydrogen (secondary N) is 1. The molecule has 3 N–H and O–H groups in total. The highest BCUT2D eigenvalue weighted by molar-refractivity contribution is 6.58. The highest BCUT2D eigenvalue weighted by atomic mass is 16.4. The van der Waals surface area contributed by atoms with Crippen molar-refractivity contribution < 1.29 is 14.8 Å². The van der Waals surface area contributed by atoms with E-state index in [1.807, 2.05) is 6.07 Å². The summed E-state index contributed by atoms with van der Waals surface area (Å²) in [5, 5.41) is 29.0. The number of nitriles is 1. The number of hydrogen-bond donors (Lipinski definition) is 3. The van der Waals surface area contributed by atoms with Gasteiger partial charge in [-0.3, -0.25) is 4.79 Å². The minimum absolute atomic E-state index is 0.165. The molecule has 0 spiro atoms. The Kier molecular flexibility index (Phi) is 3.44. The number of benzene rings is 1. The summed E-state index contributed by atoms with van der Waals surface area (Å²) >= 11 is 0. The van der Waals surface area contributed by atoms with Gasteiger partial charge in [0.1, 0.15) is 0 Å². The van der Waals surface area contributed by atoms with E-state index in [0.29, 0.717) is 5.69 Å². The summed E-state index contributed by atoms with van der Waals surface area (Å²) in [5.74, 6) is -0.288. The lowest BCUT2D eigenvalue weighted by molar-refractivity contribution is -0.114. The summed E-state index contributed by atoms with van der Waals surface area (Å²) in [5.41, 5.74) is 0.784. The second kappa shape index (κ2) is 4.60. The lowest BCUT2D eigenvalue weighted by Gasteiger charge is -2.06. The smallest absolute Gasteiger partial charge is 0.423 e. The Labute approximate surface area is 87.1 Å². The maximum Gasteiger partial charge on any atom is 0.488 e. The molecule has 0 aliphatic heterocycles. The van der Waals surface area contributed by atoms with Crippen molar-refractivity contribution in [1.29, 1.82) is 5.26 Å². The average Bonchev–Trinajstić information content (AvgIpc) is 2.16. The van der Waals surface area contributed by atoms with E-state index in [1.165, 1.54) is 25.1 Å². The lowest BCUT2D eigenvalue weighted by atomic mass is 9.79. The van der Waals surface area contributed by atoms with Gasteiger partial charge in [0.2, 0.25) is 5.91 Å². The monoisotopic (exact) mass is 204 g/mol. The molecule has 0 heterocycles. The molecule has 76 valence electrons. The summed E-state index contributed by atoms with van der Waals surface area (Å²) < 4.78 is 0. The molecule has 0 atom stereocenters. The first-order chi connectivity index (χ1) is 7.02. The Morgan fingerprint density at radius 3 is 2.60 bits per heavy atom. The summed E-state index contributed by atoms with van der Waals surface area (Å²) in [4.78, 5) is 10.8. The van der Waals surface area contributed by atoms with E-state index < -0.39 is 7.12 Å². The van der Waals surface area contributed by atoms with E-state index in [-0.39, 0.29) is 16.9 Å². The fourth-order valence-electron chi connectivity index (χ4n) is 1.14. The Balaban J connectivity index is 3.12. The Morgan fingerprint density at radius 2 is 2.13 bits per heavy atom. The molecule has 1 amide bonds. The van der Waals surface area contributed by atoms with Crippen LogP contribution in [0.1, 0.15) is 12.5 Å². The van der Waals surface area contributed by atoms with Gasteiger partial charge in [0, 0.05) is 12.6 Å². The molecule has 0 aromatic heterocycles. The third-order valence-corrected chi connectivity index (χ3v) is 1.70. The van der Waals surface area contributed by atoms with Crippen LogP contribution in [-0.4, -0.2) is 23.1 Å². The fourth-order valence-corrected chi connectivity index (χ4v) is 1.14. The fraction of sp³-hybridized carbons (Fsp3) is 0.111. The summed E-state index contributed by atoms with van der Waals surface area (Å²) in [7, 11) is -1.66. The van der Waals surface area contributed by atoms with E-state index in [4.69, 9.17) is 15.3 Å². The number of carbonyl (C=O) groups is 1. The molecule has 0 fully saturated rings. The molecule has 0 radical (unpaired) electrons. The molecule has 0 unspecified atom stereocenters. The molecule has 0 aliphatic carbocycles. The first-order valence-electron chi connectivity index (χ1n) is 4.21.